The number of nitrogens with zero attached hydrogens (tertiary/aromatic N) is 9. The van der Waals surface area contributed by atoms with Crippen molar-refractivity contribution in [1.29, 1.82) is 0 Å². The van der Waals surface area contributed by atoms with Crippen molar-refractivity contribution in [2.45, 2.75) is 150 Å². The van der Waals surface area contributed by atoms with Gasteiger partial charge in [-0.1, -0.05) is 277 Å². The molecule has 17 aromatic rings. The first-order chi connectivity index (χ1) is 55.8. The minimum Gasteiger partial charge on any atom is -0.507 e. The van der Waals surface area contributed by atoms with Crippen molar-refractivity contribution in [3.63, 3.8) is 0 Å². The zero-order valence-electron chi connectivity index (χ0n) is 65.3. The molecule has 17 rings (SSSR count). The fraction of sp³-hybridized carbons (Fsp3) is 0.289. The van der Waals surface area contributed by atoms with Crippen LogP contribution in [0.2, 0.25) is 15.9 Å². The maximum Gasteiger partial charge on any atom is 0.320 e. The lowest BCUT2D eigenvalue weighted by Crippen LogP contribution is -2.11. The molecule has 0 saturated heterocycles. The fourth-order valence-corrected chi connectivity index (χ4v) is 16.6. The highest BCUT2D eigenvalue weighted by molar-refractivity contribution is 6.32. The molecule has 2 atom stereocenters. The summed E-state index contributed by atoms with van der Waals surface area (Å²) in [5, 5.41) is 43.7. The SMILES string of the molecule is CCCCC(CC)COc1ccc(-c2nc(Cl)nc(-c3ccc4ccc5cccc6ccc3c4c56)n2)c(O)c1.CCCCCCCCCCCCOc1nc(-c2ccc(OCC(CC)CCCC)cc2O)nc(-c2ccc3ccc4cccc5ccc2c3c45)n1.Clc1nc(Cl)nc(-c2ccc3ccc4cccc5ccc2c3c45)n1. The van der Waals surface area contributed by atoms with Crippen molar-refractivity contribution in [3.8, 4) is 85.9 Å². The van der Waals surface area contributed by atoms with Gasteiger partial charge in [0.05, 0.1) is 30.9 Å². The van der Waals surface area contributed by atoms with Crippen LogP contribution in [-0.4, -0.2) is 74.9 Å². The third-order valence-electron chi connectivity index (χ3n) is 22.3. The molecule has 2 unspecified atom stereocenters. The van der Waals surface area contributed by atoms with Crippen LogP contribution in [0.3, 0.4) is 0 Å². The zero-order chi connectivity index (χ0) is 78.6. The summed E-state index contributed by atoms with van der Waals surface area (Å²) in [5.74, 6) is 4.54. The van der Waals surface area contributed by atoms with Crippen LogP contribution in [0, 0.1) is 11.8 Å². The van der Waals surface area contributed by atoms with Crippen LogP contribution < -0.4 is 14.2 Å². The van der Waals surface area contributed by atoms with Gasteiger partial charge in [-0.05, 0) is 205 Å². The number of phenols is 2. The van der Waals surface area contributed by atoms with Gasteiger partial charge in [0.2, 0.25) is 15.9 Å². The highest BCUT2D eigenvalue weighted by Gasteiger charge is 2.23. The van der Waals surface area contributed by atoms with E-state index in [0.29, 0.717) is 83.4 Å². The molecule has 14 nitrogen and oxygen atoms in total. The minimum absolute atomic E-state index is 0.0395. The Labute approximate surface area is 680 Å². The van der Waals surface area contributed by atoms with Gasteiger partial charge in [0.25, 0.3) is 0 Å². The largest absolute Gasteiger partial charge is 0.507 e. The highest BCUT2D eigenvalue weighted by atomic mass is 35.5. The molecule has 0 aliphatic heterocycles. The number of hydrogen-bond acceptors (Lipinski definition) is 14. The molecule has 3 aromatic heterocycles. The lowest BCUT2D eigenvalue weighted by atomic mass is 9.92. The summed E-state index contributed by atoms with van der Waals surface area (Å²) in [6, 6.07) is 68.3. The summed E-state index contributed by atoms with van der Waals surface area (Å²) < 4.78 is 18.4. The molecule has 0 amide bonds. The van der Waals surface area contributed by atoms with Gasteiger partial charge in [-0.25, -0.2) is 9.97 Å². The molecule has 17 heteroatoms. The number of hydrogen-bond donors (Lipinski definition) is 2. The van der Waals surface area contributed by atoms with Crippen LogP contribution in [0.15, 0.2) is 200 Å². The smallest absolute Gasteiger partial charge is 0.320 e. The molecule has 3 heterocycles. The normalized spacial score (nSPS) is 12.2. The number of halogens is 3. The highest BCUT2D eigenvalue weighted by Crippen LogP contribution is 2.44. The molecule has 0 aliphatic rings. The molecular formula is C97H94Cl3N9O5. The van der Waals surface area contributed by atoms with Crippen molar-refractivity contribution >= 4 is 132 Å². The zero-order valence-corrected chi connectivity index (χ0v) is 67.6. The Balaban J connectivity index is 0.000000143. The summed E-state index contributed by atoms with van der Waals surface area (Å²) in [6.07, 6.45) is 21.8. The summed E-state index contributed by atoms with van der Waals surface area (Å²) >= 11 is 18.3. The van der Waals surface area contributed by atoms with Crippen molar-refractivity contribution < 1.29 is 24.4 Å². The molecule has 578 valence electrons. The van der Waals surface area contributed by atoms with Gasteiger partial charge in [0.1, 0.15) is 23.0 Å². The fourth-order valence-electron chi connectivity index (χ4n) is 16.0. The second-order valence-corrected chi connectivity index (χ2v) is 31.0. The third-order valence-corrected chi connectivity index (χ3v) is 22.8. The van der Waals surface area contributed by atoms with E-state index in [0.717, 1.165) is 76.8 Å². The predicted molar refractivity (Wildman–Crippen MR) is 471 cm³/mol. The number of aromatic hydroxyl groups is 2. The maximum atomic E-state index is 11.3. The third kappa shape index (κ3) is 17.4. The van der Waals surface area contributed by atoms with E-state index in [4.69, 9.17) is 68.9 Å². The average molecular weight is 1570 g/mol. The first-order valence-electron chi connectivity index (χ1n) is 40.7. The molecule has 0 spiro atoms. The molecule has 0 bridgehead atoms. The van der Waals surface area contributed by atoms with E-state index in [1.165, 1.54) is 152 Å². The van der Waals surface area contributed by atoms with Crippen LogP contribution >= 0.6 is 34.8 Å². The molecule has 0 aliphatic carbocycles. The van der Waals surface area contributed by atoms with E-state index in [1.807, 2.05) is 30.3 Å². The standard InChI is InChI=1S/C45H55N3O3.C33H30ClN3O2.C19H9Cl2N3/c1-4-7-9-10-11-12-13-14-15-16-29-50-45-47-43(38-27-24-35-22-21-33-19-17-20-34-23-26-37(38)42(35)41(33)34)46-44(48-45)39-28-25-36(30-40(39)49)51-31-32(6-3)18-8-5-2;1-3-5-7-20(4-2)19-39-24-14-17-27(28(38)18-24)32-35-31(36-33(34)37-32)26-16-13-23-11-10-21-8-6-9-22-12-15-25(26)30(23)29(21)22;20-18-22-17(23-19(21)24-18)14-9-7-12-5-4-10-2-1-3-11-6-8-13(14)16(12)15(10)11/h17,19-28,30,32,49H,4-16,18,29,31H2,1-3H3;6,8-18,20,38H,3-5,7,19H2,1-2H3;1-9H. The molecule has 0 radical (unpaired) electrons. The first-order valence-corrected chi connectivity index (χ1v) is 41.8. The van der Waals surface area contributed by atoms with E-state index in [1.54, 1.807) is 18.2 Å². The quantitative estimate of drug-likeness (QED) is 0.0309. The van der Waals surface area contributed by atoms with E-state index >= 15 is 0 Å². The maximum absolute atomic E-state index is 11.3. The van der Waals surface area contributed by atoms with E-state index < -0.39 is 0 Å². The Bertz CT molecular complexity index is 6120. The number of aromatic nitrogens is 9. The van der Waals surface area contributed by atoms with Gasteiger partial charge in [0.15, 0.2) is 29.1 Å². The lowest BCUT2D eigenvalue weighted by Gasteiger charge is -2.16. The van der Waals surface area contributed by atoms with Crippen molar-refractivity contribution in [2.75, 3.05) is 19.8 Å². The number of phenolic OH excluding ortho intramolecular Hbond substituents is 2. The Morgan fingerprint density at radius 1 is 0.289 bits per heavy atom. The Morgan fingerprint density at radius 3 is 0.956 bits per heavy atom. The van der Waals surface area contributed by atoms with E-state index in [9.17, 15) is 10.2 Å². The number of rotatable bonds is 31. The molecule has 0 fully saturated rings. The van der Waals surface area contributed by atoms with Crippen LogP contribution in [-0.2, 0) is 0 Å². The second kappa shape index (κ2) is 36.5. The molecule has 14 aromatic carbocycles. The summed E-state index contributed by atoms with van der Waals surface area (Å²) in [4.78, 5) is 40.5. The summed E-state index contributed by atoms with van der Waals surface area (Å²) in [6.45, 7) is 12.9. The molecular weight excluding hydrogens is 1480 g/mol. The minimum atomic E-state index is 0.0395. The lowest BCUT2D eigenvalue weighted by molar-refractivity contribution is 0.232. The predicted octanol–water partition coefficient (Wildman–Crippen LogP) is 27.5. The van der Waals surface area contributed by atoms with Gasteiger partial charge in [-0.2, -0.15) is 34.9 Å². The van der Waals surface area contributed by atoms with Gasteiger partial charge in [0, 0.05) is 28.8 Å². The summed E-state index contributed by atoms with van der Waals surface area (Å²) in [7, 11) is 0. The Kier molecular flexibility index (Phi) is 25.1. The van der Waals surface area contributed by atoms with Gasteiger partial charge >= 0.3 is 6.01 Å². The number of ether oxygens (including phenoxy) is 3. The van der Waals surface area contributed by atoms with Gasteiger partial charge < -0.3 is 24.4 Å². The monoisotopic (exact) mass is 1570 g/mol. The van der Waals surface area contributed by atoms with Crippen molar-refractivity contribution in [3.05, 3.63) is 216 Å². The Morgan fingerprint density at radius 2 is 0.588 bits per heavy atom. The second-order valence-electron chi connectivity index (χ2n) is 30.0. The van der Waals surface area contributed by atoms with Crippen LogP contribution in [0.4, 0.5) is 0 Å². The summed E-state index contributed by atoms with van der Waals surface area (Å²) in [5.41, 5.74) is 3.66. The van der Waals surface area contributed by atoms with Crippen molar-refractivity contribution in [2.24, 2.45) is 11.8 Å². The van der Waals surface area contributed by atoms with E-state index in [-0.39, 0.29) is 33.4 Å². The average Bonchev–Trinajstić information content (AvgIpc) is 0.747. The molecule has 114 heavy (non-hydrogen) atoms. The topological polar surface area (TPSA) is 184 Å². The van der Waals surface area contributed by atoms with Gasteiger partial charge in [-0.3, -0.25) is 0 Å². The van der Waals surface area contributed by atoms with Crippen LogP contribution in [0.1, 0.15) is 150 Å². The number of unbranched alkanes of at least 4 members (excludes halogenated alkanes) is 11. The first kappa shape index (κ1) is 78.4. The van der Waals surface area contributed by atoms with Gasteiger partial charge in [-0.15, -0.1) is 0 Å². The van der Waals surface area contributed by atoms with Crippen molar-refractivity contribution in [1.82, 2.24) is 44.9 Å². The van der Waals surface area contributed by atoms with E-state index in [2.05, 4.69) is 211 Å². The number of benzene rings is 14. The molecule has 0 saturated carbocycles. The Hall–Kier alpha value is -10.9. The van der Waals surface area contributed by atoms with Crippen LogP contribution in [0.5, 0.6) is 29.0 Å². The van der Waals surface area contributed by atoms with Crippen LogP contribution in [0.25, 0.3) is 154 Å². The molecule has 2 N–H and O–H groups in total.